The fourth-order valence-corrected chi connectivity index (χ4v) is 3.07. The number of hydrogen-bond acceptors (Lipinski definition) is 2. The zero-order valence-electron chi connectivity index (χ0n) is 11.7. The number of imide groups is 1. The van der Waals surface area contributed by atoms with Crippen LogP contribution in [0.4, 0.5) is 10.5 Å². The largest absolute Gasteiger partial charge is 0.332 e. The molecule has 2 aromatic rings. The summed E-state index contributed by atoms with van der Waals surface area (Å²) in [5, 5.41) is 0.739. The number of halogens is 2. The number of carbonyl (C=O) groups excluding carboxylic acids is 2. The molecule has 2 aromatic carbocycles. The standard InChI is InChI=1S/C16H12Cl2N2O2/c1-19-14(10-5-3-2-4-6-10)15(21)20(16(19)22)13-8-11(17)7-12(18)9-13/h2-9,14H,1H3/t14-/m0/s1. The maximum absolute atomic E-state index is 12.7. The van der Waals surface area contributed by atoms with Gasteiger partial charge in [-0.1, -0.05) is 53.5 Å². The molecule has 4 nitrogen and oxygen atoms in total. The van der Waals surface area contributed by atoms with Crippen molar-refractivity contribution in [2.24, 2.45) is 0 Å². The van der Waals surface area contributed by atoms with Crippen molar-refractivity contribution in [3.05, 3.63) is 64.1 Å². The molecule has 0 spiro atoms. The Morgan fingerprint density at radius 3 is 2.14 bits per heavy atom. The van der Waals surface area contributed by atoms with Gasteiger partial charge in [-0.2, -0.15) is 0 Å². The summed E-state index contributed by atoms with van der Waals surface area (Å²) in [6.45, 7) is 0. The van der Waals surface area contributed by atoms with Crippen LogP contribution in [0.2, 0.25) is 10.0 Å². The molecule has 0 bridgehead atoms. The Labute approximate surface area is 137 Å². The van der Waals surface area contributed by atoms with Gasteiger partial charge in [0, 0.05) is 17.1 Å². The number of nitrogens with zero attached hydrogens (tertiary/aromatic N) is 2. The van der Waals surface area contributed by atoms with Gasteiger partial charge in [0.25, 0.3) is 5.91 Å². The molecule has 6 heteroatoms. The number of amides is 3. The van der Waals surface area contributed by atoms with E-state index in [0.29, 0.717) is 15.7 Å². The Bertz CT molecular complexity index is 729. The highest BCUT2D eigenvalue weighted by Gasteiger charge is 2.44. The predicted octanol–water partition coefficient (Wildman–Crippen LogP) is 4.13. The van der Waals surface area contributed by atoms with Gasteiger partial charge >= 0.3 is 6.03 Å². The number of anilines is 1. The summed E-state index contributed by atoms with van der Waals surface area (Å²) in [7, 11) is 1.60. The van der Waals surface area contributed by atoms with E-state index >= 15 is 0 Å². The highest BCUT2D eigenvalue weighted by molar-refractivity contribution is 6.35. The second kappa shape index (κ2) is 5.63. The van der Waals surface area contributed by atoms with E-state index in [1.165, 1.54) is 4.90 Å². The fourth-order valence-electron chi connectivity index (χ4n) is 2.56. The third-order valence-corrected chi connectivity index (χ3v) is 3.99. The molecule has 22 heavy (non-hydrogen) atoms. The smallest absolute Gasteiger partial charge is 0.311 e. The first-order chi connectivity index (χ1) is 10.5. The molecule has 0 aliphatic carbocycles. The molecule has 3 amide bonds. The summed E-state index contributed by atoms with van der Waals surface area (Å²) in [5.74, 6) is -0.322. The molecule has 0 saturated carbocycles. The van der Waals surface area contributed by atoms with E-state index in [2.05, 4.69) is 0 Å². The van der Waals surface area contributed by atoms with Crippen molar-refractivity contribution in [3.8, 4) is 0 Å². The molecule has 0 unspecified atom stereocenters. The van der Waals surface area contributed by atoms with Crippen LogP contribution in [0.15, 0.2) is 48.5 Å². The van der Waals surface area contributed by atoms with Crippen LogP contribution in [-0.4, -0.2) is 23.9 Å². The molecular weight excluding hydrogens is 323 g/mol. The zero-order valence-corrected chi connectivity index (χ0v) is 13.2. The molecular formula is C16H12Cl2N2O2. The molecule has 1 aliphatic rings. The molecule has 3 rings (SSSR count). The number of hydrogen-bond donors (Lipinski definition) is 0. The first-order valence-corrected chi connectivity index (χ1v) is 7.36. The fraction of sp³-hybridized carbons (Fsp3) is 0.125. The first kappa shape index (κ1) is 14.9. The van der Waals surface area contributed by atoms with Crippen LogP contribution < -0.4 is 4.90 Å². The summed E-state index contributed by atoms with van der Waals surface area (Å²) in [6.07, 6.45) is 0. The van der Waals surface area contributed by atoms with Gasteiger partial charge in [-0.25, -0.2) is 9.69 Å². The van der Waals surface area contributed by atoms with Gasteiger partial charge in [-0.3, -0.25) is 4.79 Å². The van der Waals surface area contributed by atoms with E-state index in [1.807, 2.05) is 30.3 Å². The molecule has 1 heterocycles. The quantitative estimate of drug-likeness (QED) is 0.774. The van der Waals surface area contributed by atoms with Crippen LogP contribution in [0.5, 0.6) is 0 Å². The van der Waals surface area contributed by atoms with E-state index in [1.54, 1.807) is 25.2 Å². The predicted molar refractivity (Wildman–Crippen MR) is 86.3 cm³/mol. The number of benzene rings is 2. The van der Waals surface area contributed by atoms with Gasteiger partial charge in [0.05, 0.1) is 5.69 Å². The van der Waals surface area contributed by atoms with Crippen LogP contribution in [0.3, 0.4) is 0 Å². The van der Waals surface area contributed by atoms with E-state index in [4.69, 9.17) is 23.2 Å². The third-order valence-electron chi connectivity index (χ3n) is 3.56. The van der Waals surface area contributed by atoms with E-state index < -0.39 is 12.1 Å². The minimum Gasteiger partial charge on any atom is -0.311 e. The van der Waals surface area contributed by atoms with Gasteiger partial charge in [0.2, 0.25) is 0 Å². The van der Waals surface area contributed by atoms with Crippen molar-refractivity contribution in [2.75, 3.05) is 11.9 Å². The summed E-state index contributed by atoms with van der Waals surface area (Å²) in [4.78, 5) is 27.7. The maximum atomic E-state index is 12.7. The van der Waals surface area contributed by atoms with Crippen LogP contribution in [-0.2, 0) is 4.79 Å². The number of rotatable bonds is 2. The monoisotopic (exact) mass is 334 g/mol. The Morgan fingerprint density at radius 1 is 0.955 bits per heavy atom. The summed E-state index contributed by atoms with van der Waals surface area (Å²) in [5.41, 5.74) is 1.14. The number of likely N-dealkylation sites (N-methyl/N-ethyl adjacent to an activating group) is 1. The highest BCUT2D eigenvalue weighted by Crippen LogP contribution is 2.35. The average Bonchev–Trinajstić information content (AvgIpc) is 2.69. The molecule has 0 N–H and O–H groups in total. The van der Waals surface area contributed by atoms with Crippen molar-refractivity contribution in [1.29, 1.82) is 0 Å². The van der Waals surface area contributed by atoms with E-state index in [9.17, 15) is 9.59 Å². The molecule has 0 radical (unpaired) electrons. The Kier molecular flexibility index (Phi) is 3.81. The SMILES string of the molecule is CN1C(=O)N(c2cc(Cl)cc(Cl)c2)C(=O)[C@@H]1c1ccccc1. The third kappa shape index (κ3) is 2.45. The second-order valence-corrected chi connectivity index (χ2v) is 5.88. The van der Waals surface area contributed by atoms with E-state index in [-0.39, 0.29) is 5.91 Å². The topological polar surface area (TPSA) is 40.6 Å². The lowest BCUT2D eigenvalue weighted by atomic mass is 10.1. The average molecular weight is 335 g/mol. The lowest BCUT2D eigenvalue weighted by Gasteiger charge is -2.15. The summed E-state index contributed by atoms with van der Waals surface area (Å²) >= 11 is 11.9. The van der Waals surface area contributed by atoms with Crippen LogP contribution >= 0.6 is 23.2 Å². The normalized spacial score (nSPS) is 18.2. The molecule has 1 atom stereocenters. The molecule has 1 fully saturated rings. The van der Waals surface area contributed by atoms with Crippen molar-refractivity contribution in [1.82, 2.24) is 4.90 Å². The Balaban J connectivity index is 2.04. The van der Waals surface area contributed by atoms with Crippen molar-refractivity contribution in [2.45, 2.75) is 6.04 Å². The summed E-state index contributed by atoms with van der Waals surface area (Å²) < 4.78 is 0. The van der Waals surface area contributed by atoms with Crippen LogP contribution in [0.1, 0.15) is 11.6 Å². The van der Waals surface area contributed by atoms with Gasteiger partial charge in [0.1, 0.15) is 6.04 Å². The number of carbonyl (C=O) groups is 2. The lowest BCUT2D eigenvalue weighted by molar-refractivity contribution is -0.119. The number of urea groups is 1. The van der Waals surface area contributed by atoms with E-state index in [0.717, 1.165) is 10.5 Å². The minimum atomic E-state index is -0.647. The molecule has 1 saturated heterocycles. The first-order valence-electron chi connectivity index (χ1n) is 6.61. The highest BCUT2D eigenvalue weighted by atomic mass is 35.5. The molecule has 1 aliphatic heterocycles. The van der Waals surface area contributed by atoms with Gasteiger partial charge in [0.15, 0.2) is 0 Å². The second-order valence-electron chi connectivity index (χ2n) is 5.01. The van der Waals surface area contributed by atoms with Gasteiger partial charge in [-0.05, 0) is 23.8 Å². The van der Waals surface area contributed by atoms with Crippen LogP contribution in [0, 0.1) is 0 Å². The minimum absolute atomic E-state index is 0.322. The van der Waals surface area contributed by atoms with Gasteiger partial charge in [-0.15, -0.1) is 0 Å². The van der Waals surface area contributed by atoms with Crippen molar-refractivity contribution >= 4 is 40.8 Å². The zero-order chi connectivity index (χ0) is 15.9. The van der Waals surface area contributed by atoms with Crippen molar-refractivity contribution < 1.29 is 9.59 Å². The van der Waals surface area contributed by atoms with Gasteiger partial charge < -0.3 is 4.90 Å². The Hall–Kier alpha value is -2.04. The summed E-state index contributed by atoms with van der Waals surface area (Å²) in [6, 6.07) is 12.8. The lowest BCUT2D eigenvalue weighted by Crippen LogP contribution is -2.31. The Morgan fingerprint density at radius 2 is 1.55 bits per heavy atom. The maximum Gasteiger partial charge on any atom is 0.332 e. The van der Waals surface area contributed by atoms with Crippen LogP contribution in [0.25, 0.3) is 0 Å². The molecule has 0 aromatic heterocycles. The van der Waals surface area contributed by atoms with Crippen molar-refractivity contribution in [3.63, 3.8) is 0 Å². The molecule has 112 valence electrons.